The van der Waals surface area contributed by atoms with Gasteiger partial charge in [0.15, 0.2) is 0 Å². The van der Waals surface area contributed by atoms with Crippen LogP contribution < -0.4 is 10.6 Å². The predicted molar refractivity (Wildman–Crippen MR) is 88.1 cm³/mol. The van der Waals surface area contributed by atoms with Gasteiger partial charge in [0.2, 0.25) is 0 Å². The third kappa shape index (κ3) is 4.33. The van der Waals surface area contributed by atoms with E-state index in [9.17, 15) is 0 Å². The van der Waals surface area contributed by atoms with E-state index in [0.717, 1.165) is 41.0 Å². The fourth-order valence-electron chi connectivity index (χ4n) is 2.80. The fraction of sp³-hybridized carbons (Fsp3) is 0.733. The molecular formula is C15H25BrN4. The lowest BCUT2D eigenvalue weighted by atomic mass is 9.81. The number of anilines is 2. The molecule has 0 unspecified atom stereocenters. The highest BCUT2D eigenvalue weighted by Gasteiger charge is 2.18. The smallest absolute Gasteiger partial charge is 0.145 e. The summed E-state index contributed by atoms with van der Waals surface area (Å²) in [6.07, 6.45) is 8.40. The normalized spacial score (nSPS) is 22.6. The first-order valence-corrected chi connectivity index (χ1v) is 8.48. The standard InChI is InChI=1S/C15H25BrN4/c1-3-17-14-13(16)15(20-10-19-14)18-9-8-12-6-4-11(2)5-7-12/h10-12H,3-9H2,1-2H3,(H2,17,18,19,20). The Hall–Kier alpha value is -0.840. The largest absolute Gasteiger partial charge is 0.369 e. The van der Waals surface area contributed by atoms with E-state index in [1.165, 1.54) is 32.1 Å². The molecule has 2 N–H and O–H groups in total. The number of halogens is 1. The number of hydrogen-bond acceptors (Lipinski definition) is 4. The second kappa shape index (κ2) is 7.81. The molecule has 0 saturated heterocycles. The molecule has 0 bridgehead atoms. The summed E-state index contributed by atoms with van der Waals surface area (Å²) in [6, 6.07) is 0. The van der Waals surface area contributed by atoms with Gasteiger partial charge in [-0.2, -0.15) is 0 Å². The Kier molecular flexibility index (Phi) is 6.07. The van der Waals surface area contributed by atoms with Crippen molar-refractivity contribution in [1.82, 2.24) is 9.97 Å². The Balaban J connectivity index is 1.80. The lowest BCUT2D eigenvalue weighted by Crippen LogP contribution is -2.16. The monoisotopic (exact) mass is 340 g/mol. The number of rotatable bonds is 6. The van der Waals surface area contributed by atoms with Gasteiger partial charge >= 0.3 is 0 Å². The maximum absolute atomic E-state index is 4.31. The first kappa shape index (κ1) is 15.5. The molecule has 0 amide bonds. The van der Waals surface area contributed by atoms with E-state index in [2.05, 4.69) is 50.4 Å². The maximum Gasteiger partial charge on any atom is 0.145 e. The van der Waals surface area contributed by atoms with Crippen molar-refractivity contribution in [2.75, 3.05) is 23.7 Å². The lowest BCUT2D eigenvalue weighted by molar-refractivity contribution is 0.282. The Labute approximate surface area is 130 Å². The van der Waals surface area contributed by atoms with Gasteiger partial charge in [0.05, 0.1) is 0 Å². The zero-order chi connectivity index (χ0) is 14.4. The molecule has 112 valence electrons. The van der Waals surface area contributed by atoms with Crippen molar-refractivity contribution < 1.29 is 0 Å². The minimum absolute atomic E-state index is 0.856. The minimum Gasteiger partial charge on any atom is -0.369 e. The molecule has 1 saturated carbocycles. The first-order chi connectivity index (χ1) is 9.70. The number of hydrogen-bond donors (Lipinski definition) is 2. The molecule has 0 radical (unpaired) electrons. The van der Waals surface area contributed by atoms with E-state index in [1.54, 1.807) is 6.33 Å². The van der Waals surface area contributed by atoms with Crippen LogP contribution in [0.25, 0.3) is 0 Å². The van der Waals surface area contributed by atoms with Crippen LogP contribution in [-0.2, 0) is 0 Å². The van der Waals surface area contributed by atoms with Crippen LogP contribution in [0.4, 0.5) is 11.6 Å². The summed E-state index contributed by atoms with van der Waals surface area (Å²) in [4.78, 5) is 8.53. The number of aromatic nitrogens is 2. The van der Waals surface area contributed by atoms with Crippen molar-refractivity contribution in [3.8, 4) is 0 Å². The van der Waals surface area contributed by atoms with Crippen LogP contribution in [0.5, 0.6) is 0 Å². The molecule has 0 aliphatic heterocycles. The third-order valence-corrected chi connectivity index (χ3v) is 4.87. The molecule has 5 heteroatoms. The summed E-state index contributed by atoms with van der Waals surface area (Å²) in [5, 5.41) is 6.66. The lowest BCUT2D eigenvalue weighted by Gasteiger charge is -2.26. The highest BCUT2D eigenvalue weighted by Crippen LogP contribution is 2.31. The fourth-order valence-corrected chi connectivity index (χ4v) is 3.28. The predicted octanol–water partition coefficient (Wildman–Crippen LogP) is 4.30. The second-order valence-corrected chi connectivity index (χ2v) is 6.55. The van der Waals surface area contributed by atoms with Crippen molar-refractivity contribution >= 4 is 27.6 Å². The molecule has 20 heavy (non-hydrogen) atoms. The van der Waals surface area contributed by atoms with Crippen molar-refractivity contribution in [3.63, 3.8) is 0 Å². The van der Waals surface area contributed by atoms with Crippen LogP contribution in [0, 0.1) is 11.8 Å². The van der Waals surface area contributed by atoms with Crippen molar-refractivity contribution in [2.45, 2.75) is 46.0 Å². The van der Waals surface area contributed by atoms with E-state index in [0.29, 0.717) is 0 Å². The molecule has 1 aliphatic rings. The van der Waals surface area contributed by atoms with Gasteiger partial charge < -0.3 is 10.6 Å². The van der Waals surface area contributed by atoms with Gasteiger partial charge in [0, 0.05) is 13.1 Å². The van der Waals surface area contributed by atoms with Gasteiger partial charge in [-0.05, 0) is 41.1 Å². The quantitative estimate of drug-likeness (QED) is 0.810. The minimum atomic E-state index is 0.856. The van der Waals surface area contributed by atoms with Crippen LogP contribution in [0.2, 0.25) is 0 Å². The van der Waals surface area contributed by atoms with Crippen LogP contribution in [0.1, 0.15) is 46.0 Å². The van der Waals surface area contributed by atoms with Gasteiger partial charge in [-0.1, -0.05) is 32.6 Å². The van der Waals surface area contributed by atoms with Crippen LogP contribution >= 0.6 is 15.9 Å². The summed E-state index contributed by atoms with van der Waals surface area (Å²) in [5.41, 5.74) is 0. The molecule has 1 aromatic rings. The van der Waals surface area contributed by atoms with E-state index in [1.807, 2.05) is 0 Å². The van der Waals surface area contributed by atoms with Gasteiger partial charge in [-0.3, -0.25) is 0 Å². The van der Waals surface area contributed by atoms with Crippen molar-refractivity contribution in [2.24, 2.45) is 11.8 Å². The number of nitrogens with one attached hydrogen (secondary N) is 2. The Morgan fingerprint density at radius 2 is 1.80 bits per heavy atom. The van der Waals surface area contributed by atoms with Gasteiger partial charge in [0.25, 0.3) is 0 Å². The first-order valence-electron chi connectivity index (χ1n) is 7.69. The third-order valence-electron chi connectivity index (χ3n) is 4.11. The van der Waals surface area contributed by atoms with Gasteiger partial charge in [0.1, 0.15) is 22.4 Å². The summed E-state index contributed by atoms with van der Waals surface area (Å²) in [7, 11) is 0. The van der Waals surface area contributed by atoms with E-state index in [4.69, 9.17) is 0 Å². The molecule has 1 aromatic heterocycles. The van der Waals surface area contributed by atoms with Gasteiger partial charge in [-0.15, -0.1) is 0 Å². The van der Waals surface area contributed by atoms with E-state index < -0.39 is 0 Å². The maximum atomic E-state index is 4.31. The topological polar surface area (TPSA) is 49.8 Å². The van der Waals surface area contributed by atoms with Crippen LogP contribution in [0.3, 0.4) is 0 Å². The molecular weight excluding hydrogens is 316 g/mol. The SMILES string of the molecule is CCNc1ncnc(NCCC2CCC(C)CC2)c1Br. The average molecular weight is 341 g/mol. The van der Waals surface area contributed by atoms with Gasteiger partial charge in [-0.25, -0.2) is 9.97 Å². The Morgan fingerprint density at radius 1 is 1.15 bits per heavy atom. The summed E-state index contributed by atoms with van der Waals surface area (Å²) in [5.74, 6) is 3.56. The summed E-state index contributed by atoms with van der Waals surface area (Å²) >= 11 is 3.57. The molecule has 4 nitrogen and oxygen atoms in total. The molecule has 1 aliphatic carbocycles. The molecule has 0 spiro atoms. The molecule has 1 fully saturated rings. The van der Waals surface area contributed by atoms with Crippen molar-refractivity contribution in [3.05, 3.63) is 10.8 Å². The van der Waals surface area contributed by atoms with E-state index in [-0.39, 0.29) is 0 Å². The van der Waals surface area contributed by atoms with Crippen LogP contribution in [0.15, 0.2) is 10.8 Å². The van der Waals surface area contributed by atoms with E-state index >= 15 is 0 Å². The second-order valence-electron chi connectivity index (χ2n) is 5.76. The highest BCUT2D eigenvalue weighted by atomic mass is 79.9. The Bertz CT molecular complexity index is 416. The highest BCUT2D eigenvalue weighted by molar-refractivity contribution is 9.10. The average Bonchev–Trinajstić information content (AvgIpc) is 2.45. The van der Waals surface area contributed by atoms with Crippen molar-refractivity contribution in [1.29, 1.82) is 0 Å². The summed E-state index contributed by atoms with van der Waals surface area (Å²) < 4.78 is 0.930. The Morgan fingerprint density at radius 3 is 2.45 bits per heavy atom. The summed E-state index contributed by atoms with van der Waals surface area (Å²) in [6.45, 7) is 6.27. The molecule has 1 heterocycles. The zero-order valence-corrected chi connectivity index (χ0v) is 14.0. The molecule has 0 aromatic carbocycles. The number of nitrogens with zero attached hydrogens (tertiary/aromatic N) is 2. The zero-order valence-electron chi connectivity index (χ0n) is 12.5. The molecule has 2 rings (SSSR count). The molecule has 0 atom stereocenters. The van der Waals surface area contributed by atoms with Crippen LogP contribution in [-0.4, -0.2) is 23.1 Å².